The number of pyridine rings is 1. The molecule has 4 nitrogen and oxygen atoms in total. The van der Waals surface area contributed by atoms with E-state index in [2.05, 4.69) is 4.98 Å². The van der Waals surface area contributed by atoms with Crippen LogP contribution in [-0.4, -0.2) is 23.7 Å². The predicted molar refractivity (Wildman–Crippen MR) is 78.7 cm³/mol. The number of rotatable bonds is 6. The summed E-state index contributed by atoms with van der Waals surface area (Å²) in [6.07, 6.45) is 7.90. The van der Waals surface area contributed by atoms with Crippen LogP contribution in [0.4, 0.5) is 0 Å². The molecule has 0 atom stereocenters. The number of methoxy groups -OCH3 is 1. The number of hydrogen-bond acceptors (Lipinski definition) is 4. The lowest BCUT2D eigenvalue weighted by molar-refractivity contribution is -0.148. The van der Waals surface area contributed by atoms with Crippen LogP contribution in [0.1, 0.15) is 39.2 Å². The van der Waals surface area contributed by atoms with Gasteiger partial charge in [0.05, 0.1) is 7.11 Å². The van der Waals surface area contributed by atoms with Crippen LogP contribution < -0.4 is 4.74 Å². The Morgan fingerprint density at radius 3 is 2.65 bits per heavy atom. The van der Waals surface area contributed by atoms with Crippen LogP contribution in [0.25, 0.3) is 0 Å². The summed E-state index contributed by atoms with van der Waals surface area (Å²) in [5, 5.41) is 0. The minimum absolute atomic E-state index is 0.288. The Morgan fingerprint density at radius 1 is 1.35 bits per heavy atom. The van der Waals surface area contributed by atoms with Crippen molar-refractivity contribution >= 4 is 5.97 Å². The molecular weight excluding hydrogens is 254 g/mol. The molecule has 0 fully saturated rings. The maximum Gasteiger partial charge on any atom is 0.330 e. The maximum atomic E-state index is 11.4. The van der Waals surface area contributed by atoms with Gasteiger partial charge in [0.2, 0.25) is 5.88 Å². The first-order valence-corrected chi connectivity index (χ1v) is 6.79. The molecule has 0 aromatic carbocycles. The molecule has 1 rings (SSSR count). The van der Waals surface area contributed by atoms with E-state index >= 15 is 0 Å². The van der Waals surface area contributed by atoms with Gasteiger partial charge in [-0.1, -0.05) is 12.1 Å². The highest BCUT2D eigenvalue weighted by Crippen LogP contribution is 2.10. The summed E-state index contributed by atoms with van der Waals surface area (Å²) in [5.74, 6) is 0.335. The summed E-state index contributed by atoms with van der Waals surface area (Å²) in [6.45, 7) is 5.57. The average molecular weight is 277 g/mol. The van der Waals surface area contributed by atoms with Crippen molar-refractivity contribution < 1.29 is 14.3 Å². The molecule has 0 aliphatic rings. The van der Waals surface area contributed by atoms with E-state index < -0.39 is 5.60 Å². The van der Waals surface area contributed by atoms with Crippen molar-refractivity contribution in [2.24, 2.45) is 0 Å². The zero-order valence-corrected chi connectivity index (χ0v) is 12.7. The summed E-state index contributed by atoms with van der Waals surface area (Å²) in [7, 11) is 1.60. The zero-order chi connectivity index (χ0) is 15.0. The summed E-state index contributed by atoms with van der Waals surface area (Å²) >= 11 is 0. The number of esters is 1. The zero-order valence-electron chi connectivity index (χ0n) is 12.7. The number of carbonyl (C=O) groups excluding carboxylic acids is 1. The second-order valence-electron chi connectivity index (χ2n) is 5.54. The fourth-order valence-corrected chi connectivity index (χ4v) is 1.62. The van der Waals surface area contributed by atoms with E-state index in [1.807, 2.05) is 45.2 Å². The first-order chi connectivity index (χ1) is 9.40. The number of aromatic nitrogens is 1. The number of hydrogen-bond donors (Lipinski definition) is 0. The molecule has 0 amide bonds. The van der Waals surface area contributed by atoms with E-state index in [4.69, 9.17) is 9.47 Å². The maximum absolute atomic E-state index is 11.4. The van der Waals surface area contributed by atoms with Crippen molar-refractivity contribution in [1.82, 2.24) is 4.98 Å². The first kappa shape index (κ1) is 16.2. The molecule has 1 aromatic rings. The van der Waals surface area contributed by atoms with Crippen LogP contribution in [0.15, 0.2) is 30.5 Å². The van der Waals surface area contributed by atoms with Gasteiger partial charge in [-0.25, -0.2) is 9.78 Å². The normalized spacial score (nSPS) is 11.6. The van der Waals surface area contributed by atoms with Crippen molar-refractivity contribution in [3.63, 3.8) is 0 Å². The Hall–Kier alpha value is -1.84. The van der Waals surface area contributed by atoms with Crippen LogP contribution in [0.2, 0.25) is 0 Å². The Labute approximate surface area is 120 Å². The molecule has 1 aromatic heterocycles. The molecule has 0 N–H and O–H groups in total. The van der Waals surface area contributed by atoms with Gasteiger partial charge in [-0.05, 0) is 45.6 Å². The van der Waals surface area contributed by atoms with Gasteiger partial charge in [0.1, 0.15) is 5.60 Å². The van der Waals surface area contributed by atoms with Crippen LogP contribution >= 0.6 is 0 Å². The third-order valence-electron chi connectivity index (χ3n) is 2.50. The predicted octanol–water partition coefficient (Wildman–Crippen LogP) is 3.31. The van der Waals surface area contributed by atoms with Crippen molar-refractivity contribution in [3.8, 4) is 5.88 Å². The van der Waals surface area contributed by atoms with E-state index in [1.54, 1.807) is 7.11 Å². The highest BCUT2D eigenvalue weighted by atomic mass is 16.6. The fraction of sp³-hybridized carbons (Fsp3) is 0.500. The second-order valence-corrected chi connectivity index (χ2v) is 5.54. The number of allylic oxidation sites excluding steroid dienone is 1. The standard InChI is InChI=1S/C16H23NO3/c1-16(2,3)20-15(18)9-7-5-6-8-13-10-11-14(19-4)17-12-13/h7,9-12H,5-6,8H2,1-4H3. The Kier molecular flexibility index (Phi) is 6.22. The van der Waals surface area contributed by atoms with Crippen LogP contribution in [-0.2, 0) is 16.0 Å². The molecule has 0 saturated carbocycles. The third-order valence-corrected chi connectivity index (χ3v) is 2.50. The van der Waals surface area contributed by atoms with Gasteiger partial charge in [-0.2, -0.15) is 0 Å². The fourth-order valence-electron chi connectivity index (χ4n) is 1.62. The molecule has 4 heteroatoms. The van der Waals surface area contributed by atoms with Gasteiger partial charge in [0.15, 0.2) is 0 Å². The van der Waals surface area contributed by atoms with E-state index in [0.717, 1.165) is 24.8 Å². The van der Waals surface area contributed by atoms with Crippen molar-refractivity contribution in [3.05, 3.63) is 36.0 Å². The molecule has 0 spiro atoms. The SMILES string of the molecule is COc1ccc(CCCC=CC(=O)OC(C)(C)C)cn1. The van der Waals surface area contributed by atoms with E-state index in [9.17, 15) is 4.79 Å². The molecule has 20 heavy (non-hydrogen) atoms. The largest absolute Gasteiger partial charge is 0.481 e. The third kappa shape index (κ3) is 6.92. The number of aryl methyl sites for hydroxylation is 1. The van der Waals surface area contributed by atoms with Gasteiger partial charge >= 0.3 is 5.97 Å². The van der Waals surface area contributed by atoms with Crippen molar-refractivity contribution in [2.75, 3.05) is 7.11 Å². The molecular formula is C16H23NO3. The molecule has 0 unspecified atom stereocenters. The first-order valence-electron chi connectivity index (χ1n) is 6.79. The van der Waals surface area contributed by atoms with E-state index in [0.29, 0.717) is 5.88 Å². The summed E-state index contributed by atoms with van der Waals surface area (Å²) in [5.41, 5.74) is 0.729. The summed E-state index contributed by atoms with van der Waals surface area (Å²) in [4.78, 5) is 15.6. The highest BCUT2D eigenvalue weighted by Gasteiger charge is 2.13. The van der Waals surface area contributed by atoms with E-state index in [1.165, 1.54) is 6.08 Å². The lowest BCUT2D eigenvalue weighted by atomic mass is 10.1. The van der Waals surface area contributed by atoms with Gasteiger partial charge in [0.25, 0.3) is 0 Å². The van der Waals surface area contributed by atoms with Gasteiger partial charge < -0.3 is 9.47 Å². The van der Waals surface area contributed by atoms with Crippen LogP contribution in [0.5, 0.6) is 5.88 Å². The minimum Gasteiger partial charge on any atom is -0.481 e. The molecule has 0 radical (unpaired) electrons. The van der Waals surface area contributed by atoms with E-state index in [-0.39, 0.29) is 5.97 Å². The lowest BCUT2D eigenvalue weighted by Gasteiger charge is -2.17. The number of unbranched alkanes of at least 4 members (excludes halogenated alkanes) is 1. The van der Waals surface area contributed by atoms with Gasteiger partial charge in [-0.15, -0.1) is 0 Å². The quantitative estimate of drug-likeness (QED) is 0.455. The lowest BCUT2D eigenvalue weighted by Crippen LogP contribution is -2.22. The molecule has 0 aliphatic heterocycles. The van der Waals surface area contributed by atoms with Gasteiger partial charge in [-0.3, -0.25) is 0 Å². The Balaban J connectivity index is 2.25. The molecule has 0 saturated heterocycles. The number of carbonyl (C=O) groups is 1. The second kappa shape index (κ2) is 7.68. The van der Waals surface area contributed by atoms with Crippen LogP contribution in [0, 0.1) is 0 Å². The number of ether oxygens (including phenoxy) is 2. The average Bonchev–Trinajstić information content (AvgIpc) is 2.37. The molecule has 0 aliphatic carbocycles. The topological polar surface area (TPSA) is 48.4 Å². The number of nitrogens with zero attached hydrogens (tertiary/aromatic N) is 1. The molecule has 110 valence electrons. The van der Waals surface area contributed by atoms with Crippen molar-refractivity contribution in [1.29, 1.82) is 0 Å². The molecule has 1 heterocycles. The Bertz CT molecular complexity index is 444. The minimum atomic E-state index is -0.434. The smallest absolute Gasteiger partial charge is 0.330 e. The molecule has 0 bridgehead atoms. The summed E-state index contributed by atoms with van der Waals surface area (Å²) < 4.78 is 10.2. The highest BCUT2D eigenvalue weighted by molar-refractivity contribution is 5.82. The Morgan fingerprint density at radius 2 is 2.10 bits per heavy atom. The van der Waals surface area contributed by atoms with Crippen molar-refractivity contribution in [2.45, 2.75) is 45.6 Å². The van der Waals surface area contributed by atoms with Gasteiger partial charge in [0, 0.05) is 18.3 Å². The monoisotopic (exact) mass is 277 g/mol. The summed E-state index contributed by atoms with van der Waals surface area (Å²) in [6, 6.07) is 3.86. The van der Waals surface area contributed by atoms with Crippen LogP contribution in [0.3, 0.4) is 0 Å².